The molecule has 1 aliphatic carbocycles. The topological polar surface area (TPSA) is 37.3 Å². The van der Waals surface area contributed by atoms with Gasteiger partial charge in [-0.15, -0.1) is 11.8 Å². The molecule has 1 aromatic rings. The normalized spacial score (nSPS) is 17.0. The molecule has 1 fully saturated rings. The van der Waals surface area contributed by atoms with Gasteiger partial charge in [0.1, 0.15) is 5.82 Å². The molecule has 0 aliphatic heterocycles. The third-order valence-electron chi connectivity index (χ3n) is 3.02. The smallest absolute Gasteiger partial charge is 0.335 e. The molecule has 1 aromatic carbocycles. The SMILES string of the molecule is O=C(O)c1ccc(F)c(SC2CCCCC2)c1. The fourth-order valence-corrected chi connectivity index (χ4v) is 3.39. The van der Waals surface area contributed by atoms with Crippen LogP contribution in [0, 0.1) is 5.82 Å². The molecule has 1 saturated carbocycles. The Morgan fingerprint density at radius 3 is 2.65 bits per heavy atom. The highest BCUT2D eigenvalue weighted by Crippen LogP contribution is 2.35. The largest absolute Gasteiger partial charge is 0.478 e. The zero-order valence-corrected chi connectivity index (χ0v) is 10.3. The van der Waals surface area contributed by atoms with E-state index in [0.29, 0.717) is 10.1 Å². The Labute approximate surface area is 104 Å². The second-order valence-corrected chi connectivity index (χ2v) is 5.67. The van der Waals surface area contributed by atoms with Crippen LogP contribution in [0.15, 0.2) is 23.1 Å². The van der Waals surface area contributed by atoms with Crippen molar-refractivity contribution in [3.05, 3.63) is 29.6 Å². The van der Waals surface area contributed by atoms with E-state index in [1.165, 1.54) is 49.2 Å². The van der Waals surface area contributed by atoms with E-state index in [0.717, 1.165) is 12.8 Å². The molecule has 0 saturated heterocycles. The summed E-state index contributed by atoms with van der Waals surface area (Å²) in [5, 5.41) is 9.31. The van der Waals surface area contributed by atoms with Crippen molar-refractivity contribution in [3.8, 4) is 0 Å². The lowest BCUT2D eigenvalue weighted by molar-refractivity contribution is 0.0696. The molecular formula is C13H15FO2S. The predicted octanol–water partition coefficient (Wildman–Crippen LogP) is 3.95. The molecule has 0 heterocycles. The summed E-state index contributed by atoms with van der Waals surface area (Å²) in [6, 6.07) is 3.99. The summed E-state index contributed by atoms with van der Waals surface area (Å²) in [6.07, 6.45) is 5.84. The molecule has 0 aromatic heterocycles. The van der Waals surface area contributed by atoms with Crippen LogP contribution in [-0.2, 0) is 0 Å². The number of hydrogen-bond acceptors (Lipinski definition) is 2. The molecule has 0 amide bonds. The van der Waals surface area contributed by atoms with E-state index in [1.807, 2.05) is 0 Å². The summed E-state index contributed by atoms with van der Waals surface area (Å²) in [7, 11) is 0. The highest BCUT2D eigenvalue weighted by molar-refractivity contribution is 8.00. The second-order valence-electron chi connectivity index (χ2n) is 4.33. The molecule has 1 N–H and O–H groups in total. The minimum atomic E-state index is -1.00. The van der Waals surface area contributed by atoms with E-state index in [-0.39, 0.29) is 11.4 Å². The lowest BCUT2D eigenvalue weighted by Gasteiger charge is -2.21. The van der Waals surface area contributed by atoms with Gasteiger partial charge in [-0.1, -0.05) is 19.3 Å². The van der Waals surface area contributed by atoms with Gasteiger partial charge in [0, 0.05) is 10.1 Å². The lowest BCUT2D eigenvalue weighted by Crippen LogP contribution is -2.08. The van der Waals surface area contributed by atoms with Crippen LogP contribution in [0.2, 0.25) is 0 Å². The maximum atomic E-state index is 13.6. The zero-order valence-electron chi connectivity index (χ0n) is 9.49. The summed E-state index contributed by atoms with van der Waals surface area (Å²) in [6.45, 7) is 0. The first-order valence-corrected chi connectivity index (χ1v) is 6.74. The van der Waals surface area contributed by atoms with E-state index in [9.17, 15) is 9.18 Å². The van der Waals surface area contributed by atoms with Crippen LogP contribution in [0.1, 0.15) is 42.5 Å². The summed E-state index contributed by atoms with van der Waals surface area (Å²) < 4.78 is 13.6. The van der Waals surface area contributed by atoms with E-state index < -0.39 is 5.97 Å². The van der Waals surface area contributed by atoms with Gasteiger partial charge in [-0.2, -0.15) is 0 Å². The van der Waals surface area contributed by atoms with Crippen LogP contribution >= 0.6 is 11.8 Å². The third kappa shape index (κ3) is 3.22. The fourth-order valence-electron chi connectivity index (χ4n) is 2.09. The van der Waals surface area contributed by atoms with E-state index in [2.05, 4.69) is 0 Å². The van der Waals surface area contributed by atoms with E-state index in [1.54, 1.807) is 0 Å². The monoisotopic (exact) mass is 254 g/mol. The van der Waals surface area contributed by atoms with Crippen LogP contribution < -0.4 is 0 Å². The van der Waals surface area contributed by atoms with Crippen molar-refractivity contribution in [2.45, 2.75) is 42.2 Å². The predicted molar refractivity (Wildman–Crippen MR) is 66.1 cm³/mol. The van der Waals surface area contributed by atoms with Crippen molar-refractivity contribution in [1.29, 1.82) is 0 Å². The number of carboxylic acids is 1. The summed E-state index contributed by atoms with van der Waals surface area (Å²) in [4.78, 5) is 11.3. The lowest BCUT2D eigenvalue weighted by atomic mass is 10.0. The first kappa shape index (κ1) is 12.4. The Kier molecular flexibility index (Phi) is 4.05. The maximum Gasteiger partial charge on any atom is 0.335 e. The summed E-state index contributed by atoms with van der Waals surface area (Å²) in [5.41, 5.74) is 0.157. The molecule has 2 nitrogen and oxygen atoms in total. The van der Waals surface area contributed by atoms with Gasteiger partial charge in [0.05, 0.1) is 5.56 Å². The van der Waals surface area contributed by atoms with Crippen LogP contribution in [0.3, 0.4) is 0 Å². The average molecular weight is 254 g/mol. The van der Waals surface area contributed by atoms with Gasteiger partial charge in [0.2, 0.25) is 0 Å². The first-order chi connectivity index (χ1) is 8.16. The van der Waals surface area contributed by atoms with Crippen LogP contribution in [0.25, 0.3) is 0 Å². The molecule has 0 atom stereocenters. The van der Waals surface area contributed by atoms with Crippen LogP contribution in [-0.4, -0.2) is 16.3 Å². The number of thioether (sulfide) groups is 1. The van der Waals surface area contributed by atoms with Crippen molar-refractivity contribution in [1.82, 2.24) is 0 Å². The third-order valence-corrected chi connectivity index (χ3v) is 4.40. The number of halogens is 1. The molecule has 17 heavy (non-hydrogen) atoms. The van der Waals surface area contributed by atoms with Crippen LogP contribution in [0.5, 0.6) is 0 Å². The maximum absolute atomic E-state index is 13.6. The molecule has 0 radical (unpaired) electrons. The minimum absolute atomic E-state index is 0.157. The standard InChI is InChI=1S/C13H15FO2S/c14-11-7-6-9(13(15)16)8-12(11)17-10-4-2-1-3-5-10/h6-8,10H,1-5H2,(H,15,16). The number of benzene rings is 1. The number of rotatable bonds is 3. The van der Waals surface area contributed by atoms with Gasteiger partial charge in [-0.3, -0.25) is 0 Å². The number of carbonyl (C=O) groups is 1. The Morgan fingerprint density at radius 2 is 2.00 bits per heavy atom. The van der Waals surface area contributed by atoms with Gasteiger partial charge in [-0.25, -0.2) is 9.18 Å². The number of carboxylic acid groups (broad SMARTS) is 1. The van der Waals surface area contributed by atoms with Gasteiger partial charge in [0.25, 0.3) is 0 Å². The number of hydrogen-bond donors (Lipinski definition) is 1. The first-order valence-electron chi connectivity index (χ1n) is 5.86. The number of aromatic carboxylic acids is 1. The summed E-state index contributed by atoms with van der Waals surface area (Å²) >= 11 is 1.48. The van der Waals surface area contributed by atoms with Crippen molar-refractivity contribution < 1.29 is 14.3 Å². The van der Waals surface area contributed by atoms with Gasteiger partial charge >= 0.3 is 5.97 Å². The Bertz CT molecular complexity index is 414. The molecule has 92 valence electrons. The Hall–Kier alpha value is -1.03. The molecule has 0 spiro atoms. The molecule has 0 unspecified atom stereocenters. The molecule has 1 aliphatic rings. The van der Waals surface area contributed by atoms with Gasteiger partial charge in [0.15, 0.2) is 0 Å². The second kappa shape index (κ2) is 5.54. The quantitative estimate of drug-likeness (QED) is 0.887. The van der Waals surface area contributed by atoms with Crippen LogP contribution in [0.4, 0.5) is 4.39 Å². The zero-order chi connectivity index (χ0) is 12.3. The van der Waals surface area contributed by atoms with E-state index in [4.69, 9.17) is 5.11 Å². The highest BCUT2D eigenvalue weighted by Gasteiger charge is 2.17. The molecule has 4 heteroatoms. The van der Waals surface area contributed by atoms with Crippen molar-refractivity contribution in [2.75, 3.05) is 0 Å². The average Bonchev–Trinajstić information content (AvgIpc) is 2.33. The fraction of sp³-hybridized carbons (Fsp3) is 0.462. The van der Waals surface area contributed by atoms with E-state index >= 15 is 0 Å². The highest BCUT2D eigenvalue weighted by atomic mass is 32.2. The molecule has 2 rings (SSSR count). The van der Waals surface area contributed by atoms with Gasteiger partial charge in [-0.05, 0) is 31.0 Å². The Balaban J connectivity index is 2.13. The Morgan fingerprint density at radius 1 is 1.29 bits per heavy atom. The molecular weight excluding hydrogens is 239 g/mol. The van der Waals surface area contributed by atoms with Crippen molar-refractivity contribution in [3.63, 3.8) is 0 Å². The minimum Gasteiger partial charge on any atom is -0.478 e. The van der Waals surface area contributed by atoms with Gasteiger partial charge < -0.3 is 5.11 Å². The van der Waals surface area contributed by atoms with Crippen molar-refractivity contribution in [2.24, 2.45) is 0 Å². The molecule has 0 bridgehead atoms. The summed E-state index contributed by atoms with van der Waals surface area (Å²) in [5.74, 6) is -1.32. The van der Waals surface area contributed by atoms with Crippen molar-refractivity contribution >= 4 is 17.7 Å².